The summed E-state index contributed by atoms with van der Waals surface area (Å²) in [5, 5.41) is 11.8. The van der Waals surface area contributed by atoms with Crippen LogP contribution < -0.4 is 4.72 Å². The first-order chi connectivity index (χ1) is 9.40. The van der Waals surface area contributed by atoms with Crippen LogP contribution in [0.3, 0.4) is 0 Å². The molecule has 0 aliphatic heterocycles. The lowest BCUT2D eigenvalue weighted by Crippen LogP contribution is -2.28. The maximum absolute atomic E-state index is 13.0. The molecule has 0 saturated carbocycles. The molecule has 20 heavy (non-hydrogen) atoms. The Bertz CT molecular complexity index is 697. The van der Waals surface area contributed by atoms with E-state index in [9.17, 15) is 17.9 Å². The number of hydrogen-bond donors (Lipinski definition) is 2. The molecular weight excluding hydrogens is 301 g/mol. The summed E-state index contributed by atoms with van der Waals surface area (Å²) in [6.45, 7) is 1.69. The van der Waals surface area contributed by atoms with Crippen LogP contribution in [-0.2, 0) is 10.0 Å². The number of halogens is 1. The molecule has 1 heterocycles. The minimum atomic E-state index is -3.83. The van der Waals surface area contributed by atoms with Crippen molar-refractivity contribution in [2.45, 2.75) is 17.9 Å². The standard InChI is InChI=1S/C13H14FNO3S2/c1-9-5-6-19-13(9)12(16)8-15-20(17,18)11-4-2-3-10(14)7-11/h2-7,12,15-16H,8H2,1H3. The van der Waals surface area contributed by atoms with Gasteiger partial charge in [-0.1, -0.05) is 6.07 Å². The Morgan fingerprint density at radius 3 is 2.75 bits per heavy atom. The highest BCUT2D eigenvalue weighted by Gasteiger charge is 2.18. The van der Waals surface area contributed by atoms with Gasteiger partial charge in [-0.15, -0.1) is 11.3 Å². The van der Waals surface area contributed by atoms with Crippen molar-refractivity contribution in [3.63, 3.8) is 0 Å². The van der Waals surface area contributed by atoms with Crippen LogP contribution >= 0.6 is 11.3 Å². The van der Waals surface area contributed by atoms with E-state index < -0.39 is 21.9 Å². The van der Waals surface area contributed by atoms with E-state index >= 15 is 0 Å². The van der Waals surface area contributed by atoms with Gasteiger partial charge in [-0.05, 0) is 42.1 Å². The number of rotatable bonds is 5. The first-order valence-corrected chi connectivity index (χ1v) is 8.24. The Kier molecular flexibility index (Phi) is 4.54. The van der Waals surface area contributed by atoms with Gasteiger partial charge in [-0.25, -0.2) is 17.5 Å². The summed E-state index contributed by atoms with van der Waals surface area (Å²) >= 11 is 1.36. The highest BCUT2D eigenvalue weighted by Crippen LogP contribution is 2.23. The van der Waals surface area contributed by atoms with Crippen LogP contribution in [0.2, 0.25) is 0 Å². The zero-order chi connectivity index (χ0) is 14.8. The van der Waals surface area contributed by atoms with Crippen LogP contribution in [0, 0.1) is 12.7 Å². The Morgan fingerprint density at radius 2 is 2.15 bits per heavy atom. The fourth-order valence-electron chi connectivity index (χ4n) is 1.72. The molecule has 2 N–H and O–H groups in total. The van der Waals surface area contributed by atoms with E-state index in [2.05, 4.69) is 4.72 Å². The Balaban J connectivity index is 2.08. The predicted molar refractivity (Wildman–Crippen MR) is 75.6 cm³/mol. The molecule has 7 heteroatoms. The number of benzene rings is 1. The lowest BCUT2D eigenvalue weighted by atomic mass is 10.2. The summed E-state index contributed by atoms with van der Waals surface area (Å²) in [5.74, 6) is -0.623. The molecule has 0 amide bonds. The molecule has 2 aromatic rings. The monoisotopic (exact) mass is 315 g/mol. The highest BCUT2D eigenvalue weighted by atomic mass is 32.2. The summed E-state index contributed by atoms with van der Waals surface area (Å²) in [6, 6.07) is 6.58. The summed E-state index contributed by atoms with van der Waals surface area (Å²) < 4.78 is 39.2. The molecule has 0 spiro atoms. The molecule has 0 saturated heterocycles. The van der Waals surface area contributed by atoms with E-state index in [0.717, 1.165) is 11.6 Å². The van der Waals surface area contributed by atoms with Crippen LogP contribution in [0.4, 0.5) is 4.39 Å². The number of sulfonamides is 1. The molecule has 2 rings (SSSR count). The van der Waals surface area contributed by atoms with Gasteiger partial charge in [0.05, 0.1) is 4.90 Å². The van der Waals surface area contributed by atoms with Gasteiger partial charge >= 0.3 is 0 Å². The van der Waals surface area contributed by atoms with Crippen molar-refractivity contribution in [1.82, 2.24) is 4.72 Å². The molecule has 0 aliphatic rings. The summed E-state index contributed by atoms with van der Waals surface area (Å²) in [6.07, 6.45) is -0.918. The number of hydrogen-bond acceptors (Lipinski definition) is 4. The molecule has 108 valence electrons. The Labute approximate surface area is 120 Å². The van der Waals surface area contributed by atoms with Crippen molar-refractivity contribution >= 4 is 21.4 Å². The number of aryl methyl sites for hydroxylation is 1. The first kappa shape index (κ1) is 15.1. The molecule has 1 aromatic heterocycles. The minimum absolute atomic E-state index is 0.153. The lowest BCUT2D eigenvalue weighted by molar-refractivity contribution is 0.185. The van der Waals surface area contributed by atoms with Gasteiger partial charge in [0.15, 0.2) is 0 Å². The molecule has 0 radical (unpaired) electrons. The largest absolute Gasteiger partial charge is 0.386 e. The quantitative estimate of drug-likeness (QED) is 0.889. The second-order valence-electron chi connectivity index (χ2n) is 4.29. The summed E-state index contributed by atoms with van der Waals surface area (Å²) in [7, 11) is -3.83. The van der Waals surface area contributed by atoms with Crippen molar-refractivity contribution in [3.05, 3.63) is 52.0 Å². The van der Waals surface area contributed by atoms with Gasteiger partial charge in [-0.2, -0.15) is 0 Å². The fraction of sp³-hybridized carbons (Fsp3) is 0.231. The first-order valence-electron chi connectivity index (χ1n) is 5.87. The van der Waals surface area contributed by atoms with Crippen LogP contribution in [-0.4, -0.2) is 20.1 Å². The van der Waals surface area contributed by atoms with Crippen LogP contribution in [0.1, 0.15) is 16.5 Å². The van der Waals surface area contributed by atoms with E-state index in [1.54, 1.807) is 0 Å². The van der Waals surface area contributed by atoms with E-state index in [0.29, 0.717) is 4.88 Å². The molecule has 1 atom stereocenters. The third-order valence-corrected chi connectivity index (χ3v) is 5.32. The minimum Gasteiger partial charge on any atom is -0.386 e. The van der Waals surface area contributed by atoms with Crippen molar-refractivity contribution in [2.24, 2.45) is 0 Å². The van der Waals surface area contributed by atoms with Gasteiger partial charge < -0.3 is 5.11 Å². The van der Waals surface area contributed by atoms with Crippen molar-refractivity contribution < 1.29 is 17.9 Å². The van der Waals surface area contributed by atoms with Crippen molar-refractivity contribution in [3.8, 4) is 0 Å². The third-order valence-electron chi connectivity index (χ3n) is 2.78. The maximum Gasteiger partial charge on any atom is 0.240 e. The predicted octanol–water partition coefficient (Wildman–Crippen LogP) is 2.21. The average Bonchev–Trinajstić information content (AvgIpc) is 2.82. The van der Waals surface area contributed by atoms with Gasteiger partial charge in [0.2, 0.25) is 10.0 Å². The van der Waals surface area contributed by atoms with Gasteiger partial charge in [0, 0.05) is 11.4 Å². The zero-order valence-corrected chi connectivity index (χ0v) is 12.3. The highest BCUT2D eigenvalue weighted by molar-refractivity contribution is 7.89. The molecule has 4 nitrogen and oxygen atoms in total. The van der Waals surface area contributed by atoms with Gasteiger partial charge in [0.25, 0.3) is 0 Å². The van der Waals surface area contributed by atoms with Gasteiger partial charge in [0.1, 0.15) is 11.9 Å². The van der Waals surface area contributed by atoms with E-state index in [4.69, 9.17) is 0 Å². The second kappa shape index (κ2) is 6.01. The molecule has 1 unspecified atom stereocenters. The normalized spacial score (nSPS) is 13.3. The summed E-state index contributed by atoms with van der Waals surface area (Å²) in [5.41, 5.74) is 0.910. The Hall–Kier alpha value is -1.28. The molecule has 0 fully saturated rings. The number of thiophene rings is 1. The summed E-state index contributed by atoms with van der Waals surface area (Å²) in [4.78, 5) is 0.555. The van der Waals surface area contributed by atoms with E-state index in [-0.39, 0.29) is 11.4 Å². The van der Waals surface area contributed by atoms with Crippen LogP contribution in [0.15, 0.2) is 40.6 Å². The zero-order valence-electron chi connectivity index (χ0n) is 10.7. The smallest absolute Gasteiger partial charge is 0.240 e. The van der Waals surface area contributed by atoms with Crippen molar-refractivity contribution in [2.75, 3.05) is 6.54 Å². The third kappa shape index (κ3) is 3.43. The maximum atomic E-state index is 13.0. The number of aliphatic hydroxyl groups is 1. The van der Waals surface area contributed by atoms with Crippen LogP contribution in [0.5, 0.6) is 0 Å². The lowest BCUT2D eigenvalue weighted by Gasteiger charge is -2.12. The van der Waals surface area contributed by atoms with Gasteiger partial charge in [-0.3, -0.25) is 0 Å². The molecule has 0 bridgehead atoms. The fourth-order valence-corrected chi connectivity index (χ4v) is 3.71. The second-order valence-corrected chi connectivity index (χ2v) is 7.01. The van der Waals surface area contributed by atoms with Crippen LogP contribution in [0.25, 0.3) is 0 Å². The average molecular weight is 315 g/mol. The number of aliphatic hydroxyl groups excluding tert-OH is 1. The molecule has 0 aliphatic carbocycles. The molecular formula is C13H14FNO3S2. The SMILES string of the molecule is Cc1ccsc1C(O)CNS(=O)(=O)c1cccc(F)c1. The van der Waals surface area contributed by atoms with E-state index in [1.807, 2.05) is 18.4 Å². The number of nitrogens with one attached hydrogen (secondary N) is 1. The molecule has 1 aromatic carbocycles. The Morgan fingerprint density at radius 1 is 1.40 bits per heavy atom. The van der Waals surface area contributed by atoms with E-state index in [1.165, 1.54) is 29.5 Å². The van der Waals surface area contributed by atoms with Crippen molar-refractivity contribution in [1.29, 1.82) is 0 Å². The topological polar surface area (TPSA) is 66.4 Å².